The predicted molar refractivity (Wildman–Crippen MR) is 219 cm³/mol. The van der Waals surface area contributed by atoms with Gasteiger partial charge in [-0.1, -0.05) is 35.3 Å². The molecular formula is C41H35Cl2FN8O4S. The van der Waals surface area contributed by atoms with E-state index in [1.165, 1.54) is 29.8 Å². The van der Waals surface area contributed by atoms with E-state index >= 15 is 0 Å². The first-order valence-electron chi connectivity index (χ1n) is 18.0. The highest BCUT2D eigenvalue weighted by Crippen LogP contribution is 2.52. The second-order valence-electron chi connectivity index (χ2n) is 13.0. The van der Waals surface area contributed by atoms with Crippen LogP contribution in [0.25, 0.3) is 43.2 Å². The fourth-order valence-electron chi connectivity index (χ4n) is 6.53. The van der Waals surface area contributed by atoms with E-state index in [1.54, 1.807) is 36.8 Å². The van der Waals surface area contributed by atoms with Crippen LogP contribution in [0.4, 0.5) is 10.3 Å². The molecule has 2 aliphatic heterocycles. The third-order valence-corrected chi connectivity index (χ3v) is 11.3. The molecule has 57 heavy (non-hydrogen) atoms. The Bertz CT molecular complexity index is 2550. The first-order valence-corrected chi connectivity index (χ1v) is 19.6. The van der Waals surface area contributed by atoms with Crippen LogP contribution in [0.2, 0.25) is 10.0 Å². The van der Waals surface area contributed by atoms with Crippen LogP contribution < -0.4 is 30.0 Å². The van der Waals surface area contributed by atoms with E-state index in [4.69, 9.17) is 52.9 Å². The molecular weight excluding hydrogens is 790 g/mol. The number of anilines is 1. The van der Waals surface area contributed by atoms with Crippen LogP contribution >= 0.6 is 34.5 Å². The van der Waals surface area contributed by atoms with Crippen molar-refractivity contribution >= 4 is 50.7 Å². The van der Waals surface area contributed by atoms with Gasteiger partial charge in [-0.15, -0.1) is 11.3 Å². The topological polar surface area (TPSA) is 152 Å². The highest BCUT2D eigenvalue weighted by Gasteiger charge is 2.28. The second kappa shape index (κ2) is 16.8. The molecule has 3 N–H and O–H groups in total. The number of nitrogens with two attached hydrogens (primary N) is 1. The second-order valence-corrected chi connectivity index (χ2v) is 14.7. The Hall–Kier alpha value is -5.67. The Labute approximate surface area is 341 Å². The lowest BCUT2D eigenvalue weighted by atomic mass is 9.92. The van der Waals surface area contributed by atoms with E-state index in [9.17, 15) is 4.39 Å². The molecule has 16 heteroatoms. The lowest BCUT2D eigenvalue weighted by Crippen LogP contribution is -2.14. The number of hydrogen-bond donors (Lipinski definition) is 2. The first-order chi connectivity index (χ1) is 27.8. The third kappa shape index (κ3) is 7.99. The van der Waals surface area contributed by atoms with Crippen molar-refractivity contribution in [3.63, 3.8) is 0 Å². The summed E-state index contributed by atoms with van der Waals surface area (Å²) >= 11 is 15.5. The number of benzene rings is 3. The lowest BCUT2D eigenvalue weighted by Gasteiger charge is -2.20. The minimum absolute atomic E-state index is 0.169. The summed E-state index contributed by atoms with van der Waals surface area (Å²) in [6.45, 7) is 5.69. The molecule has 3 aromatic carbocycles. The van der Waals surface area contributed by atoms with Crippen molar-refractivity contribution < 1.29 is 23.3 Å². The van der Waals surface area contributed by atoms with Crippen molar-refractivity contribution in [2.75, 3.05) is 38.2 Å². The summed E-state index contributed by atoms with van der Waals surface area (Å²) in [5.41, 5.74) is 11.6. The molecule has 0 amide bonds. The van der Waals surface area contributed by atoms with Gasteiger partial charge in [-0.3, -0.25) is 0 Å². The minimum Gasteiger partial charge on any atom is -0.490 e. The summed E-state index contributed by atoms with van der Waals surface area (Å²) in [5.74, 6) is 2.60. The van der Waals surface area contributed by atoms with Gasteiger partial charge in [-0.2, -0.15) is 0 Å². The van der Waals surface area contributed by atoms with Gasteiger partial charge in [0.2, 0.25) is 11.8 Å². The molecule has 7 aromatic rings. The molecule has 0 atom stereocenters. The van der Waals surface area contributed by atoms with Gasteiger partial charge in [0.25, 0.3) is 0 Å². The maximum atomic E-state index is 14.1. The van der Waals surface area contributed by atoms with Gasteiger partial charge in [0.05, 0.1) is 33.3 Å². The molecule has 4 bridgehead atoms. The molecule has 0 aliphatic carbocycles. The van der Waals surface area contributed by atoms with Gasteiger partial charge in [-0.25, -0.2) is 34.3 Å². The molecule has 4 aromatic heterocycles. The first kappa shape index (κ1) is 38.2. The van der Waals surface area contributed by atoms with Crippen LogP contribution in [0.1, 0.15) is 22.4 Å². The number of aromatic nitrogens is 6. The minimum atomic E-state index is -0.339. The van der Waals surface area contributed by atoms with E-state index in [1.807, 2.05) is 32.0 Å². The summed E-state index contributed by atoms with van der Waals surface area (Å²) in [6.07, 6.45) is 6.91. The number of nitrogens with zero attached hydrogens (tertiary/aromatic N) is 6. The van der Waals surface area contributed by atoms with E-state index in [-0.39, 0.29) is 32.2 Å². The largest absolute Gasteiger partial charge is 0.490 e. The maximum Gasteiger partial charge on any atom is 0.226 e. The highest BCUT2D eigenvalue weighted by molar-refractivity contribution is 7.22. The van der Waals surface area contributed by atoms with Crippen LogP contribution in [-0.2, 0) is 13.0 Å². The van der Waals surface area contributed by atoms with Gasteiger partial charge in [0.15, 0.2) is 11.6 Å². The molecule has 0 unspecified atom stereocenters. The lowest BCUT2D eigenvalue weighted by molar-refractivity contribution is 0.216. The number of fused-ring (bicyclic) bond motifs is 7. The zero-order chi connectivity index (χ0) is 39.5. The molecule has 0 fully saturated rings. The molecule has 0 saturated heterocycles. The fraction of sp³-hybridized carbons (Fsp3) is 0.220. The van der Waals surface area contributed by atoms with Crippen LogP contribution in [-0.4, -0.2) is 62.8 Å². The SMILES string of the molecule is Cc1c(Cl)c2c(Cl)c(C)c1-c1c(-c3ccc(F)cc3)sc3ncnc(c13)OCCc1cc(ccc1OCc1ccnc(-c3cnc(NCCN)nc3)n1)OCCO2. The number of rotatable bonds is 8. The number of ether oxygens (including phenoxy) is 4. The number of nitrogens with one attached hydrogen (secondary N) is 1. The number of halogens is 3. The third-order valence-electron chi connectivity index (χ3n) is 9.28. The fourth-order valence-corrected chi connectivity index (χ4v) is 8.21. The van der Waals surface area contributed by atoms with Gasteiger partial charge in [0.1, 0.15) is 48.3 Å². The van der Waals surface area contributed by atoms with Crippen molar-refractivity contribution in [2.45, 2.75) is 26.9 Å². The standard InChI is InChI=1S/C41H35Cl2FN8O4S/c1-22-31-23(2)35(43)36(34(22)42)54-16-15-53-29-7-8-30(56-20-28-9-12-46-38(52-28)26-18-48-41(49-19-26)47-13-11-45)25(17-29)10-14-55-39-33-32(31)37(57-40(33)51-21-50-39)24-3-5-27(44)6-4-24/h3-9,12,17-19,21H,10-11,13-16,20,45H2,1-2H3,(H,47,48,49). The van der Waals surface area contributed by atoms with Gasteiger partial charge in [-0.05, 0) is 72.5 Å². The van der Waals surface area contributed by atoms with E-state index in [0.29, 0.717) is 85.9 Å². The average molecular weight is 826 g/mol. The zero-order valence-corrected chi connectivity index (χ0v) is 33.1. The summed E-state index contributed by atoms with van der Waals surface area (Å²) in [5, 5.41) is 4.48. The predicted octanol–water partition coefficient (Wildman–Crippen LogP) is 8.68. The normalized spacial score (nSPS) is 12.7. The summed E-state index contributed by atoms with van der Waals surface area (Å²) < 4.78 is 39.3. The average Bonchev–Trinajstić information content (AvgIpc) is 3.62. The van der Waals surface area contributed by atoms with Crippen molar-refractivity contribution in [3.8, 4) is 56.1 Å². The van der Waals surface area contributed by atoms with Gasteiger partial charge in [0, 0.05) is 54.1 Å². The molecule has 9 rings (SSSR count). The molecule has 12 nitrogen and oxygen atoms in total. The summed E-state index contributed by atoms with van der Waals surface area (Å²) in [6, 6.07) is 13.7. The summed E-state index contributed by atoms with van der Waals surface area (Å²) in [7, 11) is 0. The molecule has 6 heterocycles. The number of hydrogen-bond acceptors (Lipinski definition) is 13. The van der Waals surface area contributed by atoms with Gasteiger partial charge >= 0.3 is 0 Å². The Balaban J connectivity index is 1.12. The van der Waals surface area contributed by atoms with Gasteiger partial charge < -0.3 is 30.0 Å². The molecule has 0 saturated carbocycles. The monoisotopic (exact) mass is 824 g/mol. The highest BCUT2D eigenvalue weighted by atomic mass is 35.5. The molecule has 290 valence electrons. The Kier molecular flexibility index (Phi) is 11.3. The summed E-state index contributed by atoms with van der Waals surface area (Å²) in [4.78, 5) is 28.5. The van der Waals surface area contributed by atoms with Crippen molar-refractivity contribution in [1.29, 1.82) is 0 Å². The van der Waals surface area contributed by atoms with E-state index in [2.05, 4.69) is 30.2 Å². The quantitative estimate of drug-likeness (QED) is 0.151. The molecule has 0 radical (unpaired) electrons. The zero-order valence-electron chi connectivity index (χ0n) is 30.8. The van der Waals surface area contributed by atoms with Crippen LogP contribution in [0.3, 0.4) is 0 Å². The Morgan fingerprint density at radius 1 is 0.860 bits per heavy atom. The van der Waals surface area contributed by atoms with Crippen LogP contribution in [0.15, 0.2) is 73.4 Å². The maximum absolute atomic E-state index is 14.1. The Morgan fingerprint density at radius 3 is 2.40 bits per heavy atom. The van der Waals surface area contributed by atoms with Crippen molar-refractivity contribution in [3.05, 3.63) is 112 Å². The van der Waals surface area contributed by atoms with Crippen molar-refractivity contribution in [2.24, 2.45) is 5.73 Å². The van der Waals surface area contributed by atoms with Crippen LogP contribution in [0, 0.1) is 19.7 Å². The van der Waals surface area contributed by atoms with Crippen LogP contribution in [0.5, 0.6) is 23.1 Å². The Morgan fingerprint density at radius 2 is 1.63 bits per heavy atom. The smallest absolute Gasteiger partial charge is 0.226 e. The molecule has 2 aliphatic rings. The van der Waals surface area contributed by atoms with E-state index in [0.717, 1.165) is 38.3 Å². The van der Waals surface area contributed by atoms with Crippen molar-refractivity contribution in [1.82, 2.24) is 29.9 Å². The number of thiophene rings is 1. The van der Waals surface area contributed by atoms with E-state index < -0.39 is 0 Å². The molecule has 0 spiro atoms.